The van der Waals surface area contributed by atoms with E-state index in [2.05, 4.69) is 25.0 Å². The van der Waals surface area contributed by atoms with Crippen molar-refractivity contribution in [3.05, 3.63) is 30.6 Å². The van der Waals surface area contributed by atoms with Crippen molar-refractivity contribution in [2.75, 3.05) is 0 Å². The van der Waals surface area contributed by atoms with E-state index in [1.165, 1.54) is 29.6 Å². The molecule has 86 valence electrons. The van der Waals surface area contributed by atoms with Crippen LogP contribution in [0.5, 0.6) is 0 Å². The quantitative estimate of drug-likeness (QED) is 0.731. The number of nitrogens with one attached hydrogen (secondary N) is 1. The molecule has 0 aliphatic rings. The molecule has 0 aromatic carbocycles. The lowest BCUT2D eigenvalue weighted by Gasteiger charge is -2.00. The summed E-state index contributed by atoms with van der Waals surface area (Å²) in [6.07, 6.45) is 1.59. The van der Waals surface area contributed by atoms with Gasteiger partial charge in [-0.05, 0) is 6.07 Å². The molecule has 3 aromatic heterocycles. The molecule has 0 saturated carbocycles. The molecule has 0 radical (unpaired) electrons. The van der Waals surface area contributed by atoms with Gasteiger partial charge in [0, 0.05) is 6.20 Å². The van der Waals surface area contributed by atoms with Gasteiger partial charge >= 0.3 is 0 Å². The number of halogens is 2. The summed E-state index contributed by atoms with van der Waals surface area (Å²) >= 11 is 0. The van der Waals surface area contributed by atoms with E-state index in [9.17, 15) is 8.78 Å². The molecule has 3 rings (SSSR count). The fourth-order valence-corrected chi connectivity index (χ4v) is 1.50. The molecule has 0 bridgehead atoms. The highest BCUT2D eigenvalue weighted by atomic mass is 19.3. The predicted octanol–water partition coefficient (Wildman–Crippen LogP) is 1.48. The highest BCUT2D eigenvalue weighted by molar-refractivity contribution is 5.77. The highest BCUT2D eigenvalue weighted by Crippen LogP contribution is 2.19. The van der Waals surface area contributed by atoms with Crippen LogP contribution in [0.4, 0.5) is 8.78 Å². The summed E-state index contributed by atoms with van der Waals surface area (Å²) in [7, 11) is 0. The molecule has 1 N–H and O–H groups in total. The van der Waals surface area contributed by atoms with Crippen LogP contribution in [0.15, 0.2) is 24.9 Å². The van der Waals surface area contributed by atoms with E-state index >= 15 is 0 Å². The van der Waals surface area contributed by atoms with Gasteiger partial charge in [-0.3, -0.25) is 0 Å². The van der Waals surface area contributed by atoms with E-state index in [-0.39, 0.29) is 5.69 Å². The summed E-state index contributed by atoms with van der Waals surface area (Å²) in [6, 6.07) is 1.25. The third kappa shape index (κ3) is 1.53. The third-order valence-corrected chi connectivity index (χ3v) is 2.25. The molecule has 6 nitrogen and oxygen atoms in total. The summed E-state index contributed by atoms with van der Waals surface area (Å²) < 4.78 is 26.1. The van der Waals surface area contributed by atoms with Gasteiger partial charge in [0.1, 0.15) is 17.5 Å². The second-order valence-electron chi connectivity index (χ2n) is 3.28. The maximum Gasteiger partial charge on any atom is 0.282 e. The van der Waals surface area contributed by atoms with Crippen molar-refractivity contribution >= 4 is 11.2 Å². The van der Waals surface area contributed by atoms with Crippen LogP contribution in [0.1, 0.15) is 12.1 Å². The zero-order valence-corrected chi connectivity index (χ0v) is 8.38. The van der Waals surface area contributed by atoms with Gasteiger partial charge in [-0.2, -0.15) is 5.10 Å². The van der Waals surface area contributed by atoms with Gasteiger partial charge in [-0.25, -0.2) is 28.4 Å². The molecule has 0 amide bonds. The summed E-state index contributed by atoms with van der Waals surface area (Å²) in [5, 5.41) is 3.74. The lowest BCUT2D eigenvalue weighted by atomic mass is 10.5. The smallest absolute Gasteiger partial charge is 0.282 e. The number of aromatic nitrogens is 6. The molecule has 0 atom stereocenters. The SMILES string of the molecule is FC(F)c1ccn(-c2ncnc3nc[nH]c23)n1. The normalized spacial score (nSPS) is 11.5. The Kier molecular flexibility index (Phi) is 2.07. The fourth-order valence-electron chi connectivity index (χ4n) is 1.50. The van der Waals surface area contributed by atoms with Crippen LogP contribution in [-0.4, -0.2) is 29.7 Å². The largest absolute Gasteiger partial charge is 0.340 e. The van der Waals surface area contributed by atoms with Crippen LogP contribution in [0.3, 0.4) is 0 Å². The number of rotatable bonds is 2. The Labute approximate surface area is 93.3 Å². The van der Waals surface area contributed by atoms with Crippen molar-refractivity contribution in [3.63, 3.8) is 0 Å². The minimum Gasteiger partial charge on any atom is -0.340 e. The monoisotopic (exact) mass is 236 g/mol. The molecule has 0 aliphatic heterocycles. The van der Waals surface area contributed by atoms with E-state index in [1.54, 1.807) is 0 Å². The molecule has 0 unspecified atom stereocenters. The van der Waals surface area contributed by atoms with Crippen LogP contribution in [0.2, 0.25) is 0 Å². The molecule has 0 spiro atoms. The van der Waals surface area contributed by atoms with Crippen molar-refractivity contribution in [3.8, 4) is 5.82 Å². The number of hydrogen-bond donors (Lipinski definition) is 1. The predicted molar refractivity (Wildman–Crippen MR) is 53.8 cm³/mol. The Hall–Kier alpha value is -2.38. The van der Waals surface area contributed by atoms with E-state index < -0.39 is 6.43 Å². The van der Waals surface area contributed by atoms with Crippen molar-refractivity contribution in [2.45, 2.75) is 6.43 Å². The maximum atomic E-state index is 12.4. The number of aromatic amines is 1. The van der Waals surface area contributed by atoms with Crippen LogP contribution in [0.25, 0.3) is 17.0 Å². The molecule has 8 heteroatoms. The van der Waals surface area contributed by atoms with Gasteiger partial charge in [0.2, 0.25) is 0 Å². The Morgan fingerprint density at radius 2 is 2.12 bits per heavy atom. The molecule has 17 heavy (non-hydrogen) atoms. The van der Waals surface area contributed by atoms with E-state index in [4.69, 9.17) is 0 Å². The first kappa shape index (κ1) is 9.82. The maximum absolute atomic E-state index is 12.4. The van der Waals surface area contributed by atoms with Crippen molar-refractivity contribution in [1.29, 1.82) is 0 Å². The first-order valence-corrected chi connectivity index (χ1v) is 4.74. The van der Waals surface area contributed by atoms with Gasteiger partial charge in [-0.15, -0.1) is 0 Å². The lowest BCUT2D eigenvalue weighted by Crippen LogP contribution is -2.01. The molecule has 0 fully saturated rings. The Balaban J connectivity index is 2.16. The average molecular weight is 236 g/mol. The molecule has 0 saturated heterocycles. The summed E-state index contributed by atoms with van der Waals surface area (Å²) in [4.78, 5) is 14.7. The second kappa shape index (κ2) is 3.58. The van der Waals surface area contributed by atoms with Gasteiger partial charge in [-0.1, -0.05) is 0 Å². The van der Waals surface area contributed by atoms with Crippen LogP contribution in [-0.2, 0) is 0 Å². The van der Waals surface area contributed by atoms with E-state index in [0.29, 0.717) is 17.0 Å². The number of nitrogens with zero attached hydrogens (tertiary/aromatic N) is 5. The molecule has 3 aromatic rings. The van der Waals surface area contributed by atoms with Gasteiger partial charge in [0.25, 0.3) is 6.43 Å². The van der Waals surface area contributed by atoms with Gasteiger partial charge in [0.05, 0.1) is 6.33 Å². The number of fused-ring (bicyclic) bond motifs is 1. The number of hydrogen-bond acceptors (Lipinski definition) is 4. The topological polar surface area (TPSA) is 72.3 Å². The first-order valence-electron chi connectivity index (χ1n) is 4.74. The molecular weight excluding hydrogens is 230 g/mol. The highest BCUT2D eigenvalue weighted by Gasteiger charge is 2.13. The number of alkyl halides is 2. The number of imidazole rings is 1. The van der Waals surface area contributed by atoms with Gasteiger partial charge in [0.15, 0.2) is 11.5 Å². The Morgan fingerprint density at radius 3 is 2.88 bits per heavy atom. The molecule has 0 aliphatic carbocycles. The minimum absolute atomic E-state index is 0.295. The van der Waals surface area contributed by atoms with Crippen LogP contribution in [0, 0.1) is 0 Å². The van der Waals surface area contributed by atoms with Gasteiger partial charge < -0.3 is 4.98 Å². The van der Waals surface area contributed by atoms with E-state index in [0.717, 1.165) is 0 Å². The second-order valence-corrected chi connectivity index (χ2v) is 3.28. The van der Waals surface area contributed by atoms with Crippen LogP contribution >= 0.6 is 0 Å². The Bertz CT molecular complexity index is 658. The zero-order valence-electron chi connectivity index (χ0n) is 8.38. The van der Waals surface area contributed by atoms with Crippen LogP contribution < -0.4 is 0 Å². The van der Waals surface area contributed by atoms with Crippen molar-refractivity contribution in [1.82, 2.24) is 29.7 Å². The summed E-state index contributed by atoms with van der Waals surface area (Å²) in [5.74, 6) is 0.388. The standard InChI is InChI=1S/C9H6F2N6/c10-7(11)5-1-2-17(16-5)9-6-8(13-3-12-6)14-4-15-9/h1-4,7H,(H,12,13,14,15). The molecular formula is C9H6F2N6. The summed E-state index contributed by atoms with van der Waals surface area (Å²) in [6.45, 7) is 0. The van der Waals surface area contributed by atoms with Crippen molar-refractivity contribution < 1.29 is 8.78 Å². The average Bonchev–Trinajstić information content (AvgIpc) is 2.97. The minimum atomic E-state index is -2.60. The Morgan fingerprint density at radius 1 is 1.24 bits per heavy atom. The molecule has 3 heterocycles. The van der Waals surface area contributed by atoms with E-state index in [1.807, 2.05) is 0 Å². The van der Waals surface area contributed by atoms with Crippen molar-refractivity contribution in [2.24, 2.45) is 0 Å². The summed E-state index contributed by atoms with van der Waals surface area (Å²) in [5.41, 5.74) is 0.719. The third-order valence-electron chi connectivity index (χ3n) is 2.25. The number of H-pyrrole nitrogens is 1. The lowest BCUT2D eigenvalue weighted by molar-refractivity contribution is 0.145. The zero-order chi connectivity index (χ0) is 11.8. The first-order chi connectivity index (χ1) is 8.25. The fraction of sp³-hybridized carbons (Fsp3) is 0.111.